The molecule has 8 bridgehead atoms. The van der Waals surface area contributed by atoms with Gasteiger partial charge < -0.3 is 0 Å². The Morgan fingerprint density at radius 2 is 0.487 bits per heavy atom. The molecule has 80 heavy (non-hydrogen) atoms. The molecule has 0 saturated heterocycles. The topological polar surface area (TPSA) is 78.4 Å². The Balaban J connectivity index is 1.15. The van der Waals surface area contributed by atoms with Gasteiger partial charge in [0.1, 0.15) is 0 Å². The Labute approximate surface area is 455 Å². The summed E-state index contributed by atoms with van der Waals surface area (Å²) >= 11 is 0. The van der Waals surface area contributed by atoms with E-state index in [1.807, 2.05) is 0 Å². The Hall–Kier alpha value is -11.1. The van der Waals surface area contributed by atoms with Crippen molar-refractivity contribution >= 4 is 131 Å². The molecule has 0 atom stereocenters. The molecule has 0 saturated carbocycles. The highest BCUT2D eigenvalue weighted by Crippen LogP contribution is 2.35. The average Bonchev–Trinajstić information content (AvgIpc) is 4.42. The molecule has 10 heteroatoms. The molecule has 17 rings (SSSR count). The predicted molar refractivity (Wildman–Crippen MR) is 321 cm³/mol. The zero-order valence-electron chi connectivity index (χ0n) is 42.7. The van der Waals surface area contributed by atoms with Crippen molar-refractivity contribution in [1.82, 2.24) is 37.9 Å². The molecule has 0 N–H and O–H groups in total. The normalized spacial score (nSPS) is 12.0. The van der Waals surface area contributed by atoms with E-state index in [4.69, 9.17) is 19.9 Å². The number of hydrogen-bond donors (Lipinski definition) is 0. The first kappa shape index (κ1) is 44.1. The van der Waals surface area contributed by atoms with E-state index in [-0.39, 0.29) is 0 Å². The van der Waals surface area contributed by atoms with Gasteiger partial charge in [-0.2, -0.15) is 0 Å². The van der Waals surface area contributed by atoms with Gasteiger partial charge in [0.2, 0.25) is 11.9 Å². The fraction of sp³-hybridized carbons (Fsp3) is 0. The van der Waals surface area contributed by atoms with Crippen LogP contribution in [0.3, 0.4) is 0 Å². The van der Waals surface area contributed by atoms with Crippen molar-refractivity contribution in [1.29, 1.82) is 0 Å². The number of rotatable bonds is 2. The van der Waals surface area contributed by atoms with Gasteiger partial charge in [-0.05, 0) is 48.5 Å². The number of fused-ring (bicyclic) bond motifs is 32. The van der Waals surface area contributed by atoms with Crippen molar-refractivity contribution in [3.05, 3.63) is 267 Å². The van der Waals surface area contributed by atoms with Gasteiger partial charge in [0.15, 0.2) is 0 Å². The molecule has 0 amide bonds. The monoisotopic (exact) mass is 1020 g/mol. The van der Waals surface area contributed by atoms with Gasteiger partial charge in [-0.3, -0.25) is 26.7 Å². The van der Waals surface area contributed by atoms with Crippen LogP contribution in [0.2, 0.25) is 0 Å². The molecule has 0 radical (unpaired) electrons. The van der Waals surface area contributed by atoms with Gasteiger partial charge in [0.25, 0.3) is 12.7 Å². The Kier molecular flexibility index (Phi) is 9.48. The third-order valence-electron chi connectivity index (χ3n) is 15.8. The molecule has 7 heterocycles. The van der Waals surface area contributed by atoms with Crippen LogP contribution < -0.4 is 8.80 Å². The summed E-state index contributed by atoms with van der Waals surface area (Å²) in [6, 6.07) is 89.2. The van der Waals surface area contributed by atoms with Crippen molar-refractivity contribution < 1.29 is 8.80 Å². The molecule has 0 aliphatic heterocycles. The molecule has 10 aromatic carbocycles. The van der Waals surface area contributed by atoms with Gasteiger partial charge in [0.05, 0.1) is 88.3 Å². The van der Waals surface area contributed by atoms with Crippen LogP contribution >= 0.6 is 0 Å². The Morgan fingerprint density at radius 3 is 0.838 bits per heavy atom. The maximum Gasteiger partial charge on any atom is 0.269 e. The predicted octanol–water partition coefficient (Wildman–Crippen LogP) is 14.8. The second kappa shape index (κ2) is 17.2. The summed E-state index contributed by atoms with van der Waals surface area (Å²) in [5, 5.41) is 8.07. The minimum absolute atomic E-state index is 0.542. The van der Waals surface area contributed by atoms with Crippen LogP contribution in [0.1, 0.15) is 0 Å². The maximum atomic E-state index is 5.65. The minimum atomic E-state index is 0.542. The zero-order valence-corrected chi connectivity index (χ0v) is 42.7. The molecule has 7 aromatic heterocycles. The molecular weight excluding hydrogens is 981 g/mol. The molecule has 17 aromatic rings. The summed E-state index contributed by atoms with van der Waals surface area (Å²) in [6.07, 6.45) is 7.76. The van der Waals surface area contributed by atoms with E-state index in [2.05, 4.69) is 294 Å². The Bertz CT molecular complexity index is 5250. The fourth-order valence-corrected chi connectivity index (χ4v) is 12.3. The van der Waals surface area contributed by atoms with Crippen molar-refractivity contribution in [2.75, 3.05) is 0 Å². The number of aromatic nitrogens is 10. The van der Waals surface area contributed by atoms with Crippen molar-refractivity contribution in [3.8, 4) is 11.9 Å². The molecule has 0 aliphatic carbocycles. The number of para-hydroxylation sites is 12. The lowest BCUT2D eigenvalue weighted by molar-refractivity contribution is -0.485. The van der Waals surface area contributed by atoms with E-state index >= 15 is 0 Å². The largest absolute Gasteiger partial charge is 0.295 e. The third kappa shape index (κ3) is 6.53. The van der Waals surface area contributed by atoms with E-state index in [9.17, 15) is 0 Å². The summed E-state index contributed by atoms with van der Waals surface area (Å²) in [6.45, 7) is 0. The minimum Gasteiger partial charge on any atom is -0.295 e. The SMILES string of the molecule is [c-]1n2c3ccccc3n3[c-][n+](c4ccccc4c4cc(nc(-n5c6ccccc6c6ccccc65)n4)c4ccccc4c4cc(nc(-n5c6ccccc6c6ccccc65)n4)c4ccccc4[n+]1c1ccccc12)c1ccccc13. The van der Waals surface area contributed by atoms with Crippen LogP contribution in [0.15, 0.2) is 255 Å². The van der Waals surface area contributed by atoms with E-state index < -0.39 is 0 Å². The van der Waals surface area contributed by atoms with Gasteiger partial charge in [-0.25, -0.2) is 19.9 Å². The van der Waals surface area contributed by atoms with Gasteiger partial charge in [0, 0.05) is 43.1 Å². The highest BCUT2D eigenvalue weighted by atomic mass is 15.2. The summed E-state index contributed by atoms with van der Waals surface area (Å²) in [7, 11) is 0. The lowest BCUT2D eigenvalue weighted by atomic mass is 10.1. The number of nitrogens with zero attached hydrogens (tertiary/aromatic N) is 10. The van der Waals surface area contributed by atoms with Gasteiger partial charge in [-0.15, -0.1) is 0 Å². The molecular formula is C70H42N10. The van der Waals surface area contributed by atoms with Crippen LogP contribution in [0.5, 0.6) is 0 Å². The van der Waals surface area contributed by atoms with Crippen LogP contribution in [-0.2, 0) is 0 Å². The van der Waals surface area contributed by atoms with Crippen molar-refractivity contribution in [2.45, 2.75) is 0 Å². The third-order valence-corrected chi connectivity index (χ3v) is 15.8. The zero-order chi connectivity index (χ0) is 52.4. The second-order valence-electron chi connectivity index (χ2n) is 20.2. The average molecular weight is 1020 g/mol. The summed E-state index contributed by atoms with van der Waals surface area (Å²) in [5.74, 6) is 1.08. The molecule has 0 spiro atoms. The van der Waals surface area contributed by atoms with E-state index in [1.54, 1.807) is 0 Å². The van der Waals surface area contributed by atoms with Crippen LogP contribution in [0, 0.1) is 12.7 Å². The second-order valence-corrected chi connectivity index (χ2v) is 20.2. The molecule has 0 aliphatic rings. The van der Waals surface area contributed by atoms with Crippen LogP contribution in [0.25, 0.3) is 143 Å². The quantitative estimate of drug-likeness (QED) is 0.128. The van der Waals surface area contributed by atoms with Gasteiger partial charge in [-0.1, -0.05) is 206 Å². The summed E-state index contributed by atoms with van der Waals surface area (Å²) < 4.78 is 13.1. The number of hydrogen-bond acceptors (Lipinski definition) is 4. The van der Waals surface area contributed by atoms with E-state index in [0.29, 0.717) is 11.9 Å². The summed E-state index contributed by atoms with van der Waals surface area (Å²) in [4.78, 5) is 22.5. The van der Waals surface area contributed by atoms with Crippen LogP contribution in [-0.4, -0.2) is 37.9 Å². The highest BCUT2D eigenvalue weighted by Gasteiger charge is 2.19. The maximum absolute atomic E-state index is 5.65. The molecule has 0 fully saturated rings. The standard InChI is InChI=1S/C70H42N10/c1-2-22-46-45(21-1)53-41-55(73-69(71-53)79-59-31-11-3-23-47(59)48-24-4-12-32-60(48)79)51-27-7-9-29-57(51)75-43-77(65-37-17-15-35-63(65)75)67-39-19-20-40-68(67)78-44-76(64-36-16-18-38-66(64)78)58-30-10-8-28-52(58)56-42-54(46)72-70(74-56)80-61-33-13-5-25-49(61)50-26-6-14-34-62(50)80/h1-42H. The van der Waals surface area contributed by atoms with Crippen molar-refractivity contribution in [3.63, 3.8) is 0 Å². The first-order valence-corrected chi connectivity index (χ1v) is 26.7. The first-order valence-electron chi connectivity index (χ1n) is 26.7. The Morgan fingerprint density at radius 1 is 0.237 bits per heavy atom. The first-order chi connectivity index (χ1) is 39.7. The van der Waals surface area contributed by atoms with Crippen molar-refractivity contribution in [2.24, 2.45) is 0 Å². The molecule has 0 unspecified atom stereocenters. The van der Waals surface area contributed by atoms with E-state index in [1.165, 1.54) is 0 Å². The lowest BCUT2D eigenvalue weighted by Crippen LogP contribution is -2.19. The lowest BCUT2D eigenvalue weighted by Gasteiger charge is -2.10. The summed E-state index contributed by atoms with van der Waals surface area (Å²) in [5.41, 5.74) is 14.6. The van der Waals surface area contributed by atoms with Gasteiger partial charge >= 0.3 is 0 Å². The number of imidazole rings is 2. The number of benzene rings is 10. The fourth-order valence-electron chi connectivity index (χ4n) is 12.3. The molecule has 10 nitrogen and oxygen atoms in total. The molecule has 372 valence electrons. The smallest absolute Gasteiger partial charge is 0.269 e. The highest BCUT2D eigenvalue weighted by molar-refractivity contribution is 6.11. The van der Waals surface area contributed by atoms with E-state index in [0.717, 1.165) is 131 Å². The van der Waals surface area contributed by atoms with Crippen LogP contribution in [0.4, 0.5) is 0 Å².